The largest absolute Gasteiger partial charge is 0.326 e. The molecule has 0 bridgehead atoms. The quantitative estimate of drug-likeness (QED) is 0.515. The first-order chi connectivity index (χ1) is 15.0. The number of anilines is 2. The lowest BCUT2D eigenvalue weighted by Gasteiger charge is -2.30. The molecule has 1 aliphatic rings. The summed E-state index contributed by atoms with van der Waals surface area (Å²) in [5.74, 6) is 0.650. The predicted molar refractivity (Wildman–Crippen MR) is 126 cm³/mol. The fraction of sp³-hybridized carbons (Fsp3) is 0.208. The Kier molecular flexibility index (Phi) is 6.63. The Bertz CT molecular complexity index is 1150. The molecule has 0 aliphatic carbocycles. The van der Waals surface area contributed by atoms with E-state index in [4.69, 9.17) is 0 Å². The van der Waals surface area contributed by atoms with Crippen LogP contribution in [-0.2, 0) is 21.2 Å². The molecule has 0 fully saturated rings. The van der Waals surface area contributed by atoms with Crippen molar-refractivity contribution in [2.24, 2.45) is 0 Å². The van der Waals surface area contributed by atoms with Gasteiger partial charge in [-0.1, -0.05) is 36.4 Å². The summed E-state index contributed by atoms with van der Waals surface area (Å²) in [6.45, 7) is 0.451. The maximum Gasteiger partial charge on any atom is 0.264 e. The fourth-order valence-corrected chi connectivity index (χ4v) is 6.05. The van der Waals surface area contributed by atoms with Gasteiger partial charge in [0.2, 0.25) is 5.91 Å². The lowest BCUT2D eigenvalue weighted by Crippen LogP contribution is -2.35. The van der Waals surface area contributed by atoms with Gasteiger partial charge < -0.3 is 5.32 Å². The van der Waals surface area contributed by atoms with Crippen LogP contribution in [0, 0.1) is 0 Å². The lowest BCUT2D eigenvalue weighted by atomic mass is 10.0. The second kappa shape index (κ2) is 9.58. The van der Waals surface area contributed by atoms with E-state index in [2.05, 4.69) is 5.32 Å². The third-order valence-electron chi connectivity index (χ3n) is 5.11. The van der Waals surface area contributed by atoms with Crippen LogP contribution >= 0.6 is 11.8 Å². The minimum atomic E-state index is -3.61. The molecular weight excluding hydrogens is 428 g/mol. The fourth-order valence-electron chi connectivity index (χ4n) is 3.61. The van der Waals surface area contributed by atoms with Crippen LogP contribution < -0.4 is 9.62 Å². The van der Waals surface area contributed by atoms with Gasteiger partial charge in [0.25, 0.3) is 10.0 Å². The van der Waals surface area contributed by atoms with Gasteiger partial charge in [-0.05, 0) is 60.9 Å². The minimum absolute atomic E-state index is 0.0482. The molecule has 31 heavy (non-hydrogen) atoms. The topological polar surface area (TPSA) is 66.5 Å². The van der Waals surface area contributed by atoms with Crippen LogP contribution in [0.1, 0.15) is 18.4 Å². The molecule has 0 saturated carbocycles. The van der Waals surface area contributed by atoms with Gasteiger partial charge in [0.1, 0.15) is 0 Å². The number of fused-ring (bicyclic) bond motifs is 1. The monoisotopic (exact) mass is 452 g/mol. The Balaban J connectivity index is 1.43. The summed E-state index contributed by atoms with van der Waals surface area (Å²) < 4.78 is 27.7. The Hall–Kier alpha value is -2.77. The van der Waals surface area contributed by atoms with Crippen LogP contribution in [0.3, 0.4) is 0 Å². The van der Waals surface area contributed by atoms with Gasteiger partial charge in [-0.25, -0.2) is 8.42 Å². The average Bonchev–Trinajstić information content (AvgIpc) is 2.80. The van der Waals surface area contributed by atoms with Crippen molar-refractivity contribution in [3.8, 4) is 0 Å². The summed E-state index contributed by atoms with van der Waals surface area (Å²) in [5, 5.41) is 2.94. The molecule has 0 spiro atoms. The normalized spacial score (nSPS) is 13.5. The Morgan fingerprint density at radius 3 is 2.42 bits per heavy atom. The van der Waals surface area contributed by atoms with E-state index in [9.17, 15) is 13.2 Å². The standard InChI is InChI=1S/C24H24N2O3S2/c27-24(15-17-30-21-9-3-1-4-10-21)25-20-13-14-23-19(18-20)8-7-16-26(23)31(28,29)22-11-5-2-6-12-22/h1-6,9-14,18H,7-8,15-17H2,(H,25,27). The Morgan fingerprint density at radius 2 is 1.68 bits per heavy atom. The van der Waals surface area contributed by atoms with E-state index in [0.29, 0.717) is 30.1 Å². The first-order valence-corrected chi connectivity index (χ1v) is 12.6. The van der Waals surface area contributed by atoms with Crippen LogP contribution in [0.25, 0.3) is 0 Å². The van der Waals surface area contributed by atoms with Gasteiger partial charge in [0, 0.05) is 29.3 Å². The zero-order valence-electron chi connectivity index (χ0n) is 17.0. The number of amides is 1. The van der Waals surface area contributed by atoms with Gasteiger partial charge in [0.05, 0.1) is 10.6 Å². The first-order valence-electron chi connectivity index (χ1n) is 10.2. The molecular formula is C24H24N2O3S2. The van der Waals surface area contributed by atoms with E-state index in [1.165, 1.54) is 4.31 Å². The summed E-state index contributed by atoms with van der Waals surface area (Å²) in [7, 11) is -3.61. The van der Waals surface area contributed by atoms with Crippen molar-refractivity contribution >= 4 is 39.1 Å². The molecule has 5 nitrogen and oxygen atoms in total. The maximum absolute atomic E-state index is 13.1. The summed E-state index contributed by atoms with van der Waals surface area (Å²) in [5.41, 5.74) is 2.32. The van der Waals surface area contributed by atoms with Crippen molar-refractivity contribution in [2.45, 2.75) is 29.1 Å². The Morgan fingerprint density at radius 1 is 0.968 bits per heavy atom. The number of benzene rings is 3. The van der Waals surface area contributed by atoms with Crippen LogP contribution in [0.4, 0.5) is 11.4 Å². The smallest absolute Gasteiger partial charge is 0.264 e. The number of aryl methyl sites for hydroxylation is 1. The number of carbonyl (C=O) groups excluding carboxylic acids is 1. The van der Waals surface area contributed by atoms with Crippen LogP contribution in [0.15, 0.2) is 88.7 Å². The van der Waals surface area contributed by atoms with Gasteiger partial charge in [-0.2, -0.15) is 0 Å². The van der Waals surface area contributed by atoms with E-state index in [0.717, 1.165) is 23.3 Å². The second-order valence-corrected chi connectivity index (χ2v) is 10.3. The zero-order valence-corrected chi connectivity index (χ0v) is 18.7. The molecule has 160 valence electrons. The molecule has 0 atom stereocenters. The number of nitrogens with zero attached hydrogens (tertiary/aromatic N) is 1. The SMILES string of the molecule is O=C(CCSc1ccccc1)Nc1ccc2c(c1)CCCN2S(=O)(=O)c1ccccc1. The lowest BCUT2D eigenvalue weighted by molar-refractivity contribution is -0.115. The number of rotatable bonds is 7. The highest BCUT2D eigenvalue weighted by Gasteiger charge is 2.29. The average molecular weight is 453 g/mol. The summed E-state index contributed by atoms with van der Waals surface area (Å²) >= 11 is 1.65. The zero-order chi connectivity index (χ0) is 21.7. The van der Waals surface area contributed by atoms with Crippen LogP contribution in [0.2, 0.25) is 0 Å². The van der Waals surface area contributed by atoms with E-state index in [-0.39, 0.29) is 10.8 Å². The van der Waals surface area contributed by atoms with Crippen molar-refractivity contribution in [3.05, 3.63) is 84.4 Å². The molecule has 7 heteroatoms. The molecule has 1 aliphatic heterocycles. The third kappa shape index (κ3) is 5.11. The number of thioether (sulfide) groups is 1. The van der Waals surface area contributed by atoms with Gasteiger partial charge in [-0.15, -0.1) is 11.8 Å². The van der Waals surface area contributed by atoms with E-state index < -0.39 is 10.0 Å². The highest BCUT2D eigenvalue weighted by molar-refractivity contribution is 7.99. The molecule has 4 rings (SSSR count). The van der Waals surface area contributed by atoms with Crippen molar-refractivity contribution in [1.29, 1.82) is 0 Å². The summed E-state index contributed by atoms with van der Waals surface area (Å²) in [6.07, 6.45) is 1.93. The second-order valence-electron chi connectivity index (χ2n) is 7.30. The number of carbonyl (C=O) groups is 1. The third-order valence-corrected chi connectivity index (χ3v) is 7.95. The highest BCUT2D eigenvalue weighted by atomic mass is 32.2. The number of nitrogens with one attached hydrogen (secondary N) is 1. The number of sulfonamides is 1. The van der Waals surface area contributed by atoms with Gasteiger partial charge in [0.15, 0.2) is 0 Å². The molecule has 0 saturated heterocycles. The Labute approximate surface area is 187 Å². The molecule has 0 radical (unpaired) electrons. The highest BCUT2D eigenvalue weighted by Crippen LogP contribution is 2.33. The van der Waals surface area contributed by atoms with Crippen molar-refractivity contribution in [1.82, 2.24) is 0 Å². The predicted octanol–water partition coefficient (Wildman–Crippen LogP) is 4.95. The number of hydrogen-bond acceptors (Lipinski definition) is 4. The molecule has 1 heterocycles. The molecule has 0 aromatic heterocycles. The van der Waals surface area contributed by atoms with Crippen molar-refractivity contribution < 1.29 is 13.2 Å². The molecule has 3 aromatic rings. The molecule has 3 aromatic carbocycles. The van der Waals surface area contributed by atoms with Crippen LogP contribution in [0.5, 0.6) is 0 Å². The molecule has 0 unspecified atom stereocenters. The van der Waals surface area contributed by atoms with Crippen LogP contribution in [-0.4, -0.2) is 26.6 Å². The van der Waals surface area contributed by atoms with E-state index >= 15 is 0 Å². The number of hydrogen-bond donors (Lipinski definition) is 1. The first kappa shape index (κ1) is 21.5. The minimum Gasteiger partial charge on any atom is -0.326 e. The summed E-state index contributed by atoms with van der Waals surface area (Å²) in [4.78, 5) is 13.8. The summed E-state index contributed by atoms with van der Waals surface area (Å²) in [6, 6.07) is 24.0. The van der Waals surface area contributed by atoms with Crippen molar-refractivity contribution in [2.75, 3.05) is 21.9 Å². The van der Waals surface area contributed by atoms with Crippen molar-refractivity contribution in [3.63, 3.8) is 0 Å². The van der Waals surface area contributed by atoms with Gasteiger partial charge in [-0.3, -0.25) is 9.10 Å². The van der Waals surface area contributed by atoms with E-state index in [1.54, 1.807) is 54.2 Å². The van der Waals surface area contributed by atoms with Gasteiger partial charge >= 0.3 is 0 Å². The molecule has 1 N–H and O–H groups in total. The molecule has 1 amide bonds. The van der Waals surface area contributed by atoms with E-state index in [1.807, 2.05) is 36.4 Å². The maximum atomic E-state index is 13.1.